The summed E-state index contributed by atoms with van der Waals surface area (Å²) in [4.78, 5) is 25.6. The molecule has 19 heavy (non-hydrogen) atoms. The van der Waals surface area contributed by atoms with Crippen molar-refractivity contribution in [2.45, 2.75) is 53.0 Å². The molecule has 5 heteroatoms. The number of carbonyl (C=O) groups excluding carboxylic acids is 2. The van der Waals surface area contributed by atoms with Crippen molar-refractivity contribution in [1.29, 1.82) is 0 Å². The molecule has 0 aromatic carbocycles. The van der Waals surface area contributed by atoms with Crippen molar-refractivity contribution in [3.05, 3.63) is 0 Å². The number of nitrogens with zero attached hydrogens (tertiary/aromatic N) is 1. The van der Waals surface area contributed by atoms with Crippen molar-refractivity contribution in [3.8, 4) is 0 Å². The molecule has 1 heterocycles. The molecule has 0 aromatic heterocycles. The van der Waals surface area contributed by atoms with Gasteiger partial charge in [-0.05, 0) is 19.3 Å². The second-order valence-electron chi connectivity index (χ2n) is 6.24. The lowest BCUT2D eigenvalue weighted by Gasteiger charge is -2.34. The van der Waals surface area contributed by atoms with E-state index >= 15 is 0 Å². The summed E-state index contributed by atoms with van der Waals surface area (Å²) in [6.45, 7) is 9.82. The molecule has 3 amide bonds. The maximum absolute atomic E-state index is 12.0. The second kappa shape index (κ2) is 6.78. The van der Waals surface area contributed by atoms with Gasteiger partial charge in [0.05, 0.1) is 0 Å². The molecule has 2 N–H and O–H groups in total. The predicted molar refractivity (Wildman–Crippen MR) is 75.9 cm³/mol. The molecular weight excluding hydrogens is 242 g/mol. The van der Waals surface area contributed by atoms with Crippen molar-refractivity contribution < 1.29 is 9.59 Å². The van der Waals surface area contributed by atoms with Gasteiger partial charge >= 0.3 is 6.03 Å². The van der Waals surface area contributed by atoms with E-state index in [2.05, 4.69) is 10.6 Å². The minimum Gasteiger partial charge on any atom is -0.351 e. The van der Waals surface area contributed by atoms with Gasteiger partial charge in [-0.15, -0.1) is 0 Å². The summed E-state index contributed by atoms with van der Waals surface area (Å²) in [6.07, 6.45) is 2.82. The average molecular weight is 269 g/mol. The summed E-state index contributed by atoms with van der Waals surface area (Å²) in [6, 6.07) is 0.0596. The third-order valence-corrected chi connectivity index (χ3v) is 3.25. The zero-order valence-electron chi connectivity index (χ0n) is 12.6. The van der Waals surface area contributed by atoms with E-state index < -0.39 is 0 Å². The minimum atomic E-state index is -0.382. The van der Waals surface area contributed by atoms with Crippen LogP contribution in [0, 0.1) is 5.41 Å². The van der Waals surface area contributed by atoms with Crippen LogP contribution in [0.15, 0.2) is 0 Å². The molecule has 1 saturated heterocycles. The zero-order valence-corrected chi connectivity index (χ0v) is 12.6. The highest BCUT2D eigenvalue weighted by Crippen LogP contribution is 2.16. The molecule has 5 nitrogen and oxygen atoms in total. The Labute approximate surface area is 116 Å². The Hall–Kier alpha value is -1.26. The molecular formula is C14H27N3O2. The summed E-state index contributed by atoms with van der Waals surface area (Å²) < 4.78 is 0. The molecule has 1 aliphatic heterocycles. The van der Waals surface area contributed by atoms with E-state index in [1.165, 1.54) is 0 Å². The van der Waals surface area contributed by atoms with Crippen LogP contribution in [0.1, 0.15) is 47.0 Å². The van der Waals surface area contributed by atoms with Crippen LogP contribution in [0.4, 0.5) is 4.79 Å². The topological polar surface area (TPSA) is 61.4 Å². The summed E-state index contributed by atoms with van der Waals surface area (Å²) in [5.41, 5.74) is -0.382. The Bertz CT molecular complexity index is 323. The first-order chi connectivity index (χ1) is 8.84. The molecule has 1 atom stereocenters. The lowest BCUT2D eigenvalue weighted by molar-refractivity contribution is -0.129. The average Bonchev–Trinajstić information content (AvgIpc) is 2.35. The van der Waals surface area contributed by atoms with E-state index in [4.69, 9.17) is 0 Å². The fraction of sp³-hybridized carbons (Fsp3) is 0.857. The van der Waals surface area contributed by atoms with Crippen LogP contribution in [0.2, 0.25) is 0 Å². The van der Waals surface area contributed by atoms with Gasteiger partial charge in [-0.3, -0.25) is 4.79 Å². The Kier molecular flexibility index (Phi) is 5.63. The number of amides is 3. The van der Waals surface area contributed by atoms with Crippen molar-refractivity contribution in [2.75, 3.05) is 19.6 Å². The summed E-state index contributed by atoms with van der Waals surface area (Å²) in [7, 11) is 0. The fourth-order valence-corrected chi connectivity index (χ4v) is 2.03. The Morgan fingerprint density at radius 1 is 1.32 bits per heavy atom. The number of urea groups is 1. The largest absolute Gasteiger partial charge is 0.351 e. The summed E-state index contributed by atoms with van der Waals surface area (Å²) in [5.74, 6) is 0.0494. The molecule has 0 radical (unpaired) electrons. The zero-order chi connectivity index (χ0) is 14.5. The number of hydrogen-bond acceptors (Lipinski definition) is 2. The second-order valence-corrected chi connectivity index (χ2v) is 6.24. The molecule has 0 bridgehead atoms. The third kappa shape index (κ3) is 5.09. The highest BCUT2D eigenvalue weighted by Gasteiger charge is 2.28. The molecule has 0 aliphatic carbocycles. The number of carbonyl (C=O) groups is 2. The van der Waals surface area contributed by atoms with Gasteiger partial charge in [-0.25, -0.2) is 4.79 Å². The Morgan fingerprint density at radius 3 is 2.58 bits per heavy atom. The van der Waals surface area contributed by atoms with Gasteiger partial charge < -0.3 is 15.5 Å². The number of likely N-dealkylation sites (tertiary alicyclic amines) is 1. The SMILES string of the molecule is CCCNC(=O)N1CCCC(NC(=O)C(C)(C)C)C1. The molecule has 0 spiro atoms. The van der Waals surface area contributed by atoms with Crippen LogP contribution in [-0.4, -0.2) is 42.5 Å². The summed E-state index contributed by atoms with van der Waals surface area (Å²) >= 11 is 0. The van der Waals surface area contributed by atoms with Crippen LogP contribution >= 0.6 is 0 Å². The summed E-state index contributed by atoms with van der Waals surface area (Å²) in [5, 5.41) is 5.92. The van der Waals surface area contributed by atoms with Gasteiger partial charge in [0.1, 0.15) is 0 Å². The molecule has 1 rings (SSSR count). The lowest BCUT2D eigenvalue weighted by Crippen LogP contribution is -2.53. The van der Waals surface area contributed by atoms with E-state index in [1.54, 1.807) is 4.90 Å². The third-order valence-electron chi connectivity index (χ3n) is 3.25. The first kappa shape index (κ1) is 15.8. The fourth-order valence-electron chi connectivity index (χ4n) is 2.03. The van der Waals surface area contributed by atoms with E-state index in [-0.39, 0.29) is 23.4 Å². The van der Waals surface area contributed by atoms with Crippen LogP contribution in [-0.2, 0) is 4.79 Å². The van der Waals surface area contributed by atoms with Crippen LogP contribution in [0.5, 0.6) is 0 Å². The van der Waals surface area contributed by atoms with Crippen LogP contribution in [0.25, 0.3) is 0 Å². The predicted octanol–water partition coefficient (Wildman–Crippen LogP) is 1.73. The number of nitrogens with one attached hydrogen (secondary N) is 2. The van der Waals surface area contributed by atoms with Gasteiger partial charge in [0, 0.05) is 31.1 Å². The van der Waals surface area contributed by atoms with Crippen molar-refractivity contribution in [3.63, 3.8) is 0 Å². The maximum Gasteiger partial charge on any atom is 0.317 e. The molecule has 110 valence electrons. The molecule has 0 saturated carbocycles. The standard InChI is InChI=1S/C14H27N3O2/c1-5-8-15-13(19)17-9-6-7-11(10-17)16-12(18)14(2,3)4/h11H,5-10H2,1-4H3,(H,15,19)(H,16,18). The normalized spacial score (nSPS) is 20.0. The van der Waals surface area contributed by atoms with Crippen molar-refractivity contribution >= 4 is 11.9 Å². The first-order valence-electron chi connectivity index (χ1n) is 7.18. The van der Waals surface area contributed by atoms with E-state index in [0.717, 1.165) is 25.8 Å². The first-order valence-corrected chi connectivity index (χ1v) is 7.18. The number of hydrogen-bond donors (Lipinski definition) is 2. The molecule has 1 unspecified atom stereocenters. The van der Waals surface area contributed by atoms with Gasteiger partial charge in [-0.1, -0.05) is 27.7 Å². The molecule has 0 aromatic rings. The highest BCUT2D eigenvalue weighted by atomic mass is 16.2. The molecule has 1 aliphatic rings. The highest BCUT2D eigenvalue weighted by molar-refractivity contribution is 5.81. The van der Waals surface area contributed by atoms with Gasteiger partial charge in [0.2, 0.25) is 5.91 Å². The van der Waals surface area contributed by atoms with Gasteiger partial charge in [0.15, 0.2) is 0 Å². The lowest BCUT2D eigenvalue weighted by atomic mass is 9.94. The smallest absolute Gasteiger partial charge is 0.317 e. The van der Waals surface area contributed by atoms with Crippen molar-refractivity contribution in [2.24, 2.45) is 5.41 Å². The number of rotatable bonds is 3. The Morgan fingerprint density at radius 2 is 2.00 bits per heavy atom. The maximum atomic E-state index is 12.0. The Balaban J connectivity index is 2.46. The van der Waals surface area contributed by atoms with E-state index in [0.29, 0.717) is 13.1 Å². The van der Waals surface area contributed by atoms with E-state index in [1.807, 2.05) is 27.7 Å². The van der Waals surface area contributed by atoms with Crippen molar-refractivity contribution in [1.82, 2.24) is 15.5 Å². The molecule has 1 fully saturated rings. The minimum absolute atomic E-state index is 0.0171. The van der Waals surface area contributed by atoms with Crippen LogP contribution < -0.4 is 10.6 Å². The van der Waals surface area contributed by atoms with Gasteiger partial charge in [-0.2, -0.15) is 0 Å². The van der Waals surface area contributed by atoms with Crippen LogP contribution in [0.3, 0.4) is 0 Å². The monoisotopic (exact) mass is 269 g/mol. The van der Waals surface area contributed by atoms with E-state index in [9.17, 15) is 9.59 Å². The quantitative estimate of drug-likeness (QED) is 0.819. The number of piperidine rings is 1. The van der Waals surface area contributed by atoms with Gasteiger partial charge in [0.25, 0.3) is 0 Å².